The highest BCUT2D eigenvalue weighted by Crippen LogP contribution is 2.20. The van der Waals surface area contributed by atoms with Crippen LogP contribution in [0.25, 0.3) is 0 Å². The molecule has 3 rings (SSSR count). The lowest BCUT2D eigenvalue weighted by Crippen LogP contribution is -2.23. The van der Waals surface area contributed by atoms with Crippen molar-refractivity contribution in [2.45, 2.75) is 26.9 Å². The molecule has 0 unspecified atom stereocenters. The standard InChI is InChI=1S/C18H20ClN5O/c1-12-17(19)13(2)24(21-12)11-14-4-6-15(7-5-14)18(25)20-10-16-8-9-23(3)22-16/h4-9H,10-11H2,1-3H3,(H,20,25). The first-order valence-corrected chi connectivity index (χ1v) is 8.37. The molecule has 2 heterocycles. The van der Waals surface area contributed by atoms with Crippen molar-refractivity contribution in [3.05, 3.63) is 69.8 Å². The number of amides is 1. The van der Waals surface area contributed by atoms with Gasteiger partial charge in [0.05, 0.1) is 35.2 Å². The molecule has 0 radical (unpaired) electrons. The van der Waals surface area contributed by atoms with E-state index in [4.69, 9.17) is 11.6 Å². The minimum Gasteiger partial charge on any atom is -0.346 e. The van der Waals surface area contributed by atoms with Crippen molar-refractivity contribution in [3.8, 4) is 0 Å². The summed E-state index contributed by atoms with van der Waals surface area (Å²) in [5.74, 6) is -0.119. The molecule has 25 heavy (non-hydrogen) atoms. The topological polar surface area (TPSA) is 64.7 Å². The van der Waals surface area contributed by atoms with Crippen LogP contribution in [0.3, 0.4) is 0 Å². The third kappa shape index (κ3) is 3.91. The first kappa shape index (κ1) is 17.2. The normalized spacial score (nSPS) is 10.9. The van der Waals surface area contributed by atoms with Gasteiger partial charge in [0, 0.05) is 18.8 Å². The summed E-state index contributed by atoms with van der Waals surface area (Å²) in [4.78, 5) is 12.2. The van der Waals surface area contributed by atoms with Crippen molar-refractivity contribution in [2.75, 3.05) is 0 Å². The van der Waals surface area contributed by atoms with Crippen LogP contribution in [0.1, 0.15) is 33.0 Å². The van der Waals surface area contributed by atoms with Crippen molar-refractivity contribution >= 4 is 17.5 Å². The zero-order valence-electron chi connectivity index (χ0n) is 14.5. The van der Waals surface area contributed by atoms with Gasteiger partial charge in [-0.3, -0.25) is 14.2 Å². The Morgan fingerprint density at radius 2 is 1.88 bits per heavy atom. The van der Waals surface area contributed by atoms with E-state index in [1.165, 1.54) is 0 Å². The maximum Gasteiger partial charge on any atom is 0.251 e. The number of nitrogens with one attached hydrogen (secondary N) is 1. The fourth-order valence-electron chi connectivity index (χ4n) is 2.59. The van der Waals surface area contributed by atoms with Crippen LogP contribution in [0.15, 0.2) is 36.5 Å². The number of hydrogen-bond acceptors (Lipinski definition) is 3. The van der Waals surface area contributed by atoms with Crippen molar-refractivity contribution in [3.63, 3.8) is 0 Å². The van der Waals surface area contributed by atoms with E-state index >= 15 is 0 Å². The number of carbonyl (C=O) groups is 1. The molecule has 3 aromatic rings. The molecule has 130 valence electrons. The molecule has 0 spiro atoms. The summed E-state index contributed by atoms with van der Waals surface area (Å²) < 4.78 is 3.58. The Labute approximate surface area is 151 Å². The van der Waals surface area contributed by atoms with E-state index in [0.29, 0.717) is 23.7 Å². The van der Waals surface area contributed by atoms with E-state index in [2.05, 4.69) is 15.5 Å². The van der Waals surface area contributed by atoms with Gasteiger partial charge in [-0.05, 0) is 37.6 Å². The van der Waals surface area contributed by atoms with Gasteiger partial charge in [0.15, 0.2) is 0 Å². The molecular weight excluding hydrogens is 338 g/mol. The van der Waals surface area contributed by atoms with Gasteiger partial charge in [-0.15, -0.1) is 0 Å². The molecule has 0 aliphatic heterocycles. The molecule has 0 fully saturated rings. The first-order valence-electron chi connectivity index (χ1n) is 7.99. The van der Waals surface area contributed by atoms with Crippen LogP contribution in [0.4, 0.5) is 0 Å². The third-order valence-corrected chi connectivity index (χ3v) is 4.59. The van der Waals surface area contributed by atoms with Gasteiger partial charge in [0.1, 0.15) is 0 Å². The summed E-state index contributed by atoms with van der Waals surface area (Å²) in [6, 6.07) is 9.37. The Hall–Kier alpha value is -2.60. The third-order valence-electron chi connectivity index (χ3n) is 4.04. The van der Waals surface area contributed by atoms with E-state index in [1.54, 1.807) is 4.68 Å². The minimum atomic E-state index is -0.119. The predicted molar refractivity (Wildman–Crippen MR) is 96.6 cm³/mol. The van der Waals surface area contributed by atoms with Crippen LogP contribution in [-0.2, 0) is 20.1 Å². The Kier molecular flexibility index (Phi) is 4.90. The van der Waals surface area contributed by atoms with Crippen molar-refractivity contribution < 1.29 is 4.79 Å². The summed E-state index contributed by atoms with van der Waals surface area (Å²) in [5, 5.41) is 12.2. The predicted octanol–water partition coefficient (Wildman–Crippen LogP) is 2.87. The molecular formula is C18H20ClN5O. The fourth-order valence-corrected chi connectivity index (χ4v) is 2.73. The molecule has 0 aliphatic carbocycles. The van der Waals surface area contributed by atoms with Gasteiger partial charge in [-0.2, -0.15) is 10.2 Å². The van der Waals surface area contributed by atoms with Crippen LogP contribution < -0.4 is 5.32 Å². The van der Waals surface area contributed by atoms with Gasteiger partial charge < -0.3 is 5.32 Å². The molecule has 0 saturated carbocycles. The molecule has 2 aromatic heterocycles. The maximum atomic E-state index is 12.2. The summed E-state index contributed by atoms with van der Waals surface area (Å²) in [6.07, 6.45) is 1.85. The molecule has 0 bridgehead atoms. The second kappa shape index (κ2) is 7.11. The summed E-state index contributed by atoms with van der Waals surface area (Å²) in [5.41, 5.74) is 4.27. The summed E-state index contributed by atoms with van der Waals surface area (Å²) in [6.45, 7) is 4.86. The average Bonchev–Trinajstić information content (AvgIpc) is 3.12. The Morgan fingerprint density at radius 3 is 2.44 bits per heavy atom. The largest absolute Gasteiger partial charge is 0.346 e. The van der Waals surface area contributed by atoms with E-state index < -0.39 is 0 Å². The summed E-state index contributed by atoms with van der Waals surface area (Å²) in [7, 11) is 1.85. The smallest absolute Gasteiger partial charge is 0.251 e. The number of hydrogen-bond donors (Lipinski definition) is 1. The average molecular weight is 358 g/mol. The fraction of sp³-hybridized carbons (Fsp3) is 0.278. The van der Waals surface area contributed by atoms with Crippen LogP contribution in [0, 0.1) is 13.8 Å². The highest BCUT2D eigenvalue weighted by Gasteiger charge is 2.10. The highest BCUT2D eigenvalue weighted by atomic mass is 35.5. The lowest BCUT2D eigenvalue weighted by Gasteiger charge is -2.07. The lowest BCUT2D eigenvalue weighted by molar-refractivity contribution is 0.0950. The quantitative estimate of drug-likeness (QED) is 0.763. The number of aryl methyl sites for hydroxylation is 2. The van der Waals surface area contributed by atoms with E-state index in [0.717, 1.165) is 22.6 Å². The van der Waals surface area contributed by atoms with Crippen LogP contribution in [0.2, 0.25) is 5.02 Å². The monoisotopic (exact) mass is 357 g/mol. The maximum absolute atomic E-state index is 12.2. The molecule has 6 nitrogen and oxygen atoms in total. The van der Waals surface area contributed by atoms with Gasteiger partial charge in [0.2, 0.25) is 0 Å². The van der Waals surface area contributed by atoms with Crippen LogP contribution in [0.5, 0.6) is 0 Å². The second-order valence-electron chi connectivity index (χ2n) is 6.00. The van der Waals surface area contributed by atoms with Gasteiger partial charge in [0.25, 0.3) is 5.91 Å². The zero-order valence-corrected chi connectivity index (χ0v) is 15.2. The molecule has 0 aliphatic rings. The number of halogens is 1. The van der Waals surface area contributed by atoms with Crippen molar-refractivity contribution in [1.82, 2.24) is 24.9 Å². The Bertz CT molecular complexity index is 895. The van der Waals surface area contributed by atoms with E-state index in [9.17, 15) is 4.79 Å². The van der Waals surface area contributed by atoms with Gasteiger partial charge in [-0.25, -0.2) is 0 Å². The minimum absolute atomic E-state index is 0.119. The second-order valence-corrected chi connectivity index (χ2v) is 6.38. The Balaban J connectivity index is 1.63. The Morgan fingerprint density at radius 1 is 1.16 bits per heavy atom. The zero-order chi connectivity index (χ0) is 18.0. The molecule has 1 N–H and O–H groups in total. The summed E-state index contributed by atoms with van der Waals surface area (Å²) >= 11 is 6.18. The number of benzene rings is 1. The molecule has 1 amide bonds. The molecule has 0 saturated heterocycles. The van der Waals surface area contributed by atoms with Crippen LogP contribution >= 0.6 is 11.6 Å². The lowest BCUT2D eigenvalue weighted by atomic mass is 10.1. The van der Waals surface area contributed by atoms with Crippen molar-refractivity contribution in [2.24, 2.45) is 7.05 Å². The van der Waals surface area contributed by atoms with Crippen molar-refractivity contribution in [1.29, 1.82) is 0 Å². The molecule has 1 aromatic carbocycles. The molecule has 7 heteroatoms. The van der Waals surface area contributed by atoms with Crippen LogP contribution in [-0.4, -0.2) is 25.5 Å². The van der Waals surface area contributed by atoms with Gasteiger partial charge in [-0.1, -0.05) is 23.7 Å². The van der Waals surface area contributed by atoms with Gasteiger partial charge >= 0.3 is 0 Å². The SMILES string of the molecule is Cc1nn(Cc2ccc(C(=O)NCc3ccn(C)n3)cc2)c(C)c1Cl. The first-order chi connectivity index (χ1) is 11.9. The number of aromatic nitrogens is 4. The van der Waals surface area contributed by atoms with E-state index in [1.807, 2.05) is 62.1 Å². The number of rotatable bonds is 5. The number of carbonyl (C=O) groups excluding carboxylic acids is 1. The number of nitrogens with zero attached hydrogens (tertiary/aromatic N) is 4. The molecule has 0 atom stereocenters. The van der Waals surface area contributed by atoms with E-state index in [-0.39, 0.29) is 5.91 Å². The highest BCUT2D eigenvalue weighted by molar-refractivity contribution is 6.31.